The minimum atomic E-state index is 0. The summed E-state index contributed by atoms with van der Waals surface area (Å²) in [6, 6.07) is 0. The number of hydrogen-bond donors (Lipinski definition) is 1. The lowest BCUT2D eigenvalue weighted by Gasteiger charge is -2.38. The average Bonchev–Trinajstić information content (AvgIpc) is 1.89. The first kappa shape index (κ1) is 8.02. The maximum absolute atomic E-state index is 5.38. The lowest BCUT2D eigenvalue weighted by Crippen LogP contribution is -2.55. The van der Waals surface area contributed by atoms with Gasteiger partial charge in [0.1, 0.15) is 0 Å². The Morgan fingerprint density at radius 2 is 2.30 bits per heavy atom. The number of nitrogens with one attached hydrogen (secondary N) is 1. The molecule has 2 heteroatoms. The molecule has 1 rings (SSSR count). The van der Waals surface area contributed by atoms with Gasteiger partial charge in [0.2, 0.25) is 0 Å². The van der Waals surface area contributed by atoms with Gasteiger partial charge >= 0.3 is 0 Å². The molecule has 0 aromatic rings. The summed E-state index contributed by atoms with van der Waals surface area (Å²) in [6.45, 7) is 9.38. The van der Waals surface area contributed by atoms with E-state index < -0.39 is 0 Å². The summed E-state index contributed by atoms with van der Waals surface area (Å²) in [7, 11) is 0. The molecule has 1 aliphatic rings. The van der Waals surface area contributed by atoms with Crippen LogP contribution in [0.1, 0.15) is 22.2 Å². The summed E-state index contributed by atoms with van der Waals surface area (Å²) in [5, 5.41) is 3.47. The summed E-state index contributed by atoms with van der Waals surface area (Å²) in [6.07, 6.45) is 0. The predicted octanol–water partition coefficient (Wildman–Crippen LogP) is 1.27. The first-order valence-corrected chi connectivity index (χ1v) is 3.98. The fraction of sp³-hybridized carbons (Fsp3) is 1.00. The maximum Gasteiger partial charge on any atom is 0.0648 e. The SMILES string of the molecule is CC(C)C1(C)COCCN1.[HH]. The van der Waals surface area contributed by atoms with Gasteiger partial charge in [-0.2, -0.15) is 0 Å². The van der Waals surface area contributed by atoms with E-state index in [1.165, 1.54) is 0 Å². The molecule has 10 heavy (non-hydrogen) atoms. The van der Waals surface area contributed by atoms with E-state index in [0.29, 0.717) is 5.92 Å². The third kappa shape index (κ3) is 1.50. The summed E-state index contributed by atoms with van der Waals surface area (Å²) < 4.78 is 5.38. The third-order valence-corrected chi connectivity index (χ3v) is 2.45. The van der Waals surface area contributed by atoms with Crippen LogP contribution in [0, 0.1) is 5.92 Å². The molecule has 1 fully saturated rings. The standard InChI is InChI=1S/C8H17NO.H2/c1-7(2)8(3)6-10-5-4-9-8;/h7,9H,4-6H2,1-3H3;1H. The Balaban J connectivity index is 0.000001000. The summed E-state index contributed by atoms with van der Waals surface area (Å²) in [5.74, 6) is 0.646. The zero-order chi connectivity index (χ0) is 7.61. The molecule has 0 bridgehead atoms. The second-order valence-electron chi connectivity index (χ2n) is 3.55. The van der Waals surface area contributed by atoms with Gasteiger partial charge in [0.05, 0.1) is 13.2 Å². The van der Waals surface area contributed by atoms with Gasteiger partial charge in [0.15, 0.2) is 0 Å². The van der Waals surface area contributed by atoms with Gasteiger partial charge in [-0.3, -0.25) is 0 Å². The molecule has 1 saturated heterocycles. The minimum absolute atomic E-state index is 0. The molecule has 2 nitrogen and oxygen atoms in total. The van der Waals surface area contributed by atoms with Crippen LogP contribution in [-0.2, 0) is 4.74 Å². The fourth-order valence-electron chi connectivity index (χ4n) is 1.11. The number of ether oxygens (including phenoxy) is 1. The summed E-state index contributed by atoms with van der Waals surface area (Å²) >= 11 is 0. The van der Waals surface area contributed by atoms with Gasteiger partial charge in [-0.1, -0.05) is 13.8 Å². The minimum Gasteiger partial charge on any atom is -0.378 e. The maximum atomic E-state index is 5.38. The molecular formula is C8H19NO. The summed E-state index contributed by atoms with van der Waals surface area (Å²) in [5.41, 5.74) is 0.207. The molecule has 0 amide bonds. The van der Waals surface area contributed by atoms with Crippen molar-refractivity contribution >= 4 is 0 Å². The molecule has 1 aliphatic heterocycles. The van der Waals surface area contributed by atoms with E-state index in [4.69, 9.17) is 4.74 Å². The van der Waals surface area contributed by atoms with Crippen molar-refractivity contribution in [3.63, 3.8) is 0 Å². The van der Waals surface area contributed by atoms with E-state index in [0.717, 1.165) is 19.8 Å². The van der Waals surface area contributed by atoms with Gasteiger partial charge in [-0.25, -0.2) is 0 Å². The van der Waals surface area contributed by atoms with Gasteiger partial charge in [-0.15, -0.1) is 0 Å². The molecule has 1 heterocycles. The van der Waals surface area contributed by atoms with Crippen LogP contribution in [0.15, 0.2) is 0 Å². The molecule has 0 spiro atoms. The van der Waals surface area contributed by atoms with Crippen molar-refractivity contribution in [2.45, 2.75) is 26.3 Å². The Morgan fingerprint density at radius 1 is 1.60 bits per heavy atom. The second-order valence-corrected chi connectivity index (χ2v) is 3.55. The highest BCUT2D eigenvalue weighted by atomic mass is 16.5. The smallest absolute Gasteiger partial charge is 0.0648 e. The van der Waals surface area contributed by atoms with Crippen LogP contribution in [0.2, 0.25) is 0 Å². The average molecular weight is 145 g/mol. The molecule has 1 N–H and O–H groups in total. The second kappa shape index (κ2) is 2.89. The van der Waals surface area contributed by atoms with Crippen LogP contribution in [0.4, 0.5) is 0 Å². The first-order chi connectivity index (χ1) is 4.65. The van der Waals surface area contributed by atoms with Crippen molar-refractivity contribution in [1.29, 1.82) is 0 Å². The molecule has 0 aromatic heterocycles. The zero-order valence-corrected chi connectivity index (χ0v) is 7.11. The summed E-state index contributed by atoms with van der Waals surface area (Å²) in [4.78, 5) is 0. The largest absolute Gasteiger partial charge is 0.378 e. The van der Waals surface area contributed by atoms with Crippen LogP contribution in [0.3, 0.4) is 0 Å². The van der Waals surface area contributed by atoms with E-state index in [9.17, 15) is 0 Å². The van der Waals surface area contributed by atoms with E-state index in [1.54, 1.807) is 0 Å². The van der Waals surface area contributed by atoms with Crippen molar-refractivity contribution in [2.24, 2.45) is 5.92 Å². The molecule has 0 aliphatic carbocycles. The van der Waals surface area contributed by atoms with Crippen LogP contribution in [0.25, 0.3) is 0 Å². The van der Waals surface area contributed by atoms with Gasteiger partial charge < -0.3 is 10.1 Å². The molecule has 0 radical (unpaired) electrons. The molecule has 1 atom stereocenters. The molecule has 0 saturated carbocycles. The van der Waals surface area contributed by atoms with Crippen molar-refractivity contribution < 1.29 is 6.16 Å². The van der Waals surface area contributed by atoms with Crippen LogP contribution in [-0.4, -0.2) is 25.3 Å². The number of rotatable bonds is 1. The van der Waals surface area contributed by atoms with E-state index in [1.807, 2.05) is 0 Å². The highest BCUT2D eigenvalue weighted by Crippen LogP contribution is 2.18. The van der Waals surface area contributed by atoms with Gasteiger partial charge in [-0.05, 0) is 12.8 Å². The molecule has 1 unspecified atom stereocenters. The Morgan fingerprint density at radius 3 is 2.60 bits per heavy atom. The normalized spacial score (nSPS) is 34.8. The Kier molecular flexibility index (Phi) is 2.32. The van der Waals surface area contributed by atoms with Crippen LogP contribution >= 0.6 is 0 Å². The quantitative estimate of drug-likeness (QED) is 0.600. The fourth-order valence-corrected chi connectivity index (χ4v) is 1.11. The van der Waals surface area contributed by atoms with Crippen LogP contribution in [0.5, 0.6) is 0 Å². The highest BCUT2D eigenvalue weighted by molar-refractivity contribution is 4.88. The lowest BCUT2D eigenvalue weighted by molar-refractivity contribution is 0.0145. The van der Waals surface area contributed by atoms with Crippen molar-refractivity contribution in [1.82, 2.24) is 5.32 Å². The van der Waals surface area contributed by atoms with Gasteiger partial charge in [0, 0.05) is 13.5 Å². The zero-order valence-electron chi connectivity index (χ0n) is 7.11. The Hall–Kier alpha value is -0.0800. The monoisotopic (exact) mass is 145 g/mol. The van der Waals surface area contributed by atoms with E-state index in [-0.39, 0.29) is 6.97 Å². The molecular weight excluding hydrogens is 126 g/mol. The predicted molar refractivity (Wildman–Crippen MR) is 44.2 cm³/mol. The van der Waals surface area contributed by atoms with Crippen LogP contribution < -0.4 is 5.32 Å². The highest BCUT2D eigenvalue weighted by Gasteiger charge is 2.29. The number of morpholine rings is 1. The van der Waals surface area contributed by atoms with Gasteiger partial charge in [0.25, 0.3) is 0 Å². The van der Waals surface area contributed by atoms with Crippen molar-refractivity contribution in [3.05, 3.63) is 0 Å². The lowest BCUT2D eigenvalue weighted by atomic mass is 9.89. The van der Waals surface area contributed by atoms with Crippen molar-refractivity contribution in [3.8, 4) is 0 Å². The molecule has 62 valence electrons. The van der Waals surface area contributed by atoms with E-state index in [2.05, 4.69) is 26.1 Å². The Labute approximate surface area is 64.4 Å². The first-order valence-electron chi connectivity index (χ1n) is 3.98. The van der Waals surface area contributed by atoms with Crippen molar-refractivity contribution in [2.75, 3.05) is 19.8 Å². The topological polar surface area (TPSA) is 21.3 Å². The number of hydrogen-bond acceptors (Lipinski definition) is 2. The van der Waals surface area contributed by atoms with E-state index >= 15 is 0 Å². The third-order valence-electron chi connectivity index (χ3n) is 2.45. The molecule has 0 aromatic carbocycles. The Bertz CT molecular complexity index is 111.